The van der Waals surface area contributed by atoms with Gasteiger partial charge in [-0.15, -0.1) is 0 Å². The molecule has 0 saturated heterocycles. The molecule has 0 aliphatic heterocycles. The van der Waals surface area contributed by atoms with Crippen LogP contribution in [0.4, 0.5) is 0 Å². The second-order valence-electron chi connectivity index (χ2n) is 24.1. The fourth-order valence-corrected chi connectivity index (χ4v) is 15.6. The maximum Gasteiger partial charge on any atom is 0.137 e. The number of nitrogens with one attached hydrogen (secondary N) is 1. The molecule has 0 radical (unpaired) electrons. The van der Waals surface area contributed by atoms with Gasteiger partial charge in [-0.2, -0.15) is 0 Å². The zero-order valence-electron chi connectivity index (χ0n) is 48.7. The maximum atomic E-state index is 6.28. The lowest BCUT2D eigenvalue weighted by Crippen LogP contribution is -1.93. The van der Waals surface area contributed by atoms with E-state index in [4.69, 9.17) is 8.83 Å². The molecule has 0 spiro atoms. The Morgan fingerprint density at radius 2 is 0.637 bits per heavy atom. The van der Waals surface area contributed by atoms with E-state index in [1.807, 2.05) is 42.5 Å². The molecule has 0 unspecified atom stereocenters. The van der Waals surface area contributed by atoms with Gasteiger partial charge in [-0.1, -0.05) is 198 Å². The van der Waals surface area contributed by atoms with E-state index >= 15 is 0 Å². The number of furan rings is 2. The summed E-state index contributed by atoms with van der Waals surface area (Å²) in [6.45, 7) is 0. The van der Waals surface area contributed by atoms with Gasteiger partial charge in [0.05, 0.1) is 44.1 Å². The third-order valence-corrected chi connectivity index (χ3v) is 19.7. The normalized spacial score (nSPS) is 12.2. The van der Waals surface area contributed by atoms with Crippen molar-refractivity contribution in [2.75, 3.05) is 0 Å². The quantitative estimate of drug-likeness (QED) is 0.192. The number of nitrogens with zero attached hydrogens (tertiary/aromatic N) is 3. The zero-order valence-corrected chi connectivity index (χ0v) is 50.3. The van der Waals surface area contributed by atoms with Gasteiger partial charge in [0.15, 0.2) is 0 Å². The fourth-order valence-electron chi connectivity index (χ4n) is 15.2. The molecule has 6 nitrogen and oxygen atoms in total. The lowest BCUT2D eigenvalue weighted by atomic mass is 10.0. The number of hydrogen-bond donors (Lipinski definition) is 1. The van der Waals surface area contributed by atoms with Crippen LogP contribution in [-0.2, 0) is 0 Å². The summed E-state index contributed by atoms with van der Waals surface area (Å²) in [4.78, 5) is 3.54. The van der Waals surface area contributed by atoms with Crippen molar-refractivity contribution in [3.8, 4) is 27.9 Å². The number of benzene rings is 14. The highest BCUT2D eigenvalue weighted by Crippen LogP contribution is 2.44. The SMILES string of the molecule is Brc1ccc2c(c1)oc1ccccc12.c1ccc2c(c1)[nH]c1ccc(-c3ccc4c5cccc6c7ccccc7n(c4c3)c65)cc12.c1ccc2c(c1)oc1cc(-n3c4ccccc4c4cc(-c5ccc6c7cccc8c9ccccc9n(c6c5)c87)ccc43)ccc12. The van der Waals surface area contributed by atoms with Crippen LogP contribution in [0.2, 0.25) is 0 Å². The molecule has 8 heterocycles. The van der Waals surface area contributed by atoms with Gasteiger partial charge in [-0.05, 0) is 125 Å². The fraction of sp³-hybridized carbons (Fsp3) is 0. The molecule has 22 rings (SSSR count). The number of fused-ring (bicyclic) bond motifs is 24. The Hall–Kier alpha value is -11.6. The Labute approximate surface area is 527 Å². The average molecular weight is 1230 g/mol. The molecule has 0 bridgehead atoms. The van der Waals surface area contributed by atoms with Crippen molar-refractivity contribution in [2.24, 2.45) is 0 Å². The first-order chi connectivity index (χ1) is 45.0. The third-order valence-electron chi connectivity index (χ3n) is 19.3. The second-order valence-corrected chi connectivity index (χ2v) is 25.0. The van der Waals surface area contributed by atoms with E-state index in [0.29, 0.717) is 0 Å². The molecule has 0 aliphatic carbocycles. The third kappa shape index (κ3) is 7.41. The molecule has 7 heteroatoms. The summed E-state index contributed by atoms with van der Waals surface area (Å²) in [6.07, 6.45) is 0. The largest absolute Gasteiger partial charge is 0.456 e. The number of para-hydroxylation sites is 8. The first-order valence-corrected chi connectivity index (χ1v) is 31.7. The first kappa shape index (κ1) is 50.4. The van der Waals surface area contributed by atoms with Crippen molar-refractivity contribution in [3.05, 3.63) is 296 Å². The highest BCUT2D eigenvalue weighted by molar-refractivity contribution is 9.10. The van der Waals surface area contributed by atoms with E-state index in [1.165, 1.54) is 153 Å². The summed E-state index contributed by atoms with van der Waals surface area (Å²) in [5.41, 5.74) is 22.1. The van der Waals surface area contributed by atoms with E-state index < -0.39 is 0 Å². The van der Waals surface area contributed by atoms with Crippen LogP contribution >= 0.6 is 15.9 Å². The molecule has 0 saturated carbocycles. The molecular weight excluding hydrogens is 1180 g/mol. The summed E-state index contributed by atoms with van der Waals surface area (Å²) in [5, 5.41) is 20.2. The van der Waals surface area contributed by atoms with Crippen LogP contribution in [0.25, 0.3) is 192 Å². The summed E-state index contributed by atoms with van der Waals surface area (Å²) in [7, 11) is 0. The second kappa shape index (κ2) is 19.2. The predicted molar refractivity (Wildman–Crippen MR) is 385 cm³/mol. The molecule has 91 heavy (non-hydrogen) atoms. The van der Waals surface area contributed by atoms with Crippen LogP contribution in [0.3, 0.4) is 0 Å². The van der Waals surface area contributed by atoms with Crippen LogP contribution in [0.15, 0.2) is 304 Å². The monoisotopic (exact) mass is 1220 g/mol. The molecule has 1 N–H and O–H groups in total. The first-order valence-electron chi connectivity index (χ1n) is 30.9. The Morgan fingerprint density at radius 3 is 1.24 bits per heavy atom. The number of rotatable bonds is 3. The molecule has 8 aromatic heterocycles. The molecule has 0 atom stereocenters. The smallest absolute Gasteiger partial charge is 0.137 e. The van der Waals surface area contributed by atoms with Crippen LogP contribution in [0, 0.1) is 0 Å². The highest BCUT2D eigenvalue weighted by Gasteiger charge is 2.21. The number of H-pyrrole nitrogens is 1. The van der Waals surface area contributed by atoms with E-state index in [1.54, 1.807) is 0 Å². The van der Waals surface area contributed by atoms with Gasteiger partial charge in [0.2, 0.25) is 0 Å². The van der Waals surface area contributed by atoms with Gasteiger partial charge in [0, 0.05) is 113 Å². The summed E-state index contributed by atoms with van der Waals surface area (Å²) >= 11 is 3.43. The Morgan fingerprint density at radius 1 is 0.242 bits per heavy atom. The van der Waals surface area contributed by atoms with Crippen molar-refractivity contribution in [2.45, 2.75) is 0 Å². The van der Waals surface area contributed by atoms with Gasteiger partial charge in [-0.3, -0.25) is 0 Å². The average Bonchev–Trinajstić information content (AvgIpc) is 1.57. The minimum absolute atomic E-state index is 0.905. The van der Waals surface area contributed by atoms with Crippen molar-refractivity contribution in [1.29, 1.82) is 0 Å². The van der Waals surface area contributed by atoms with Gasteiger partial charge in [-0.25, -0.2) is 0 Å². The predicted octanol–water partition coefficient (Wildman–Crippen LogP) is 24.0. The minimum Gasteiger partial charge on any atom is -0.456 e. The van der Waals surface area contributed by atoms with Crippen LogP contribution < -0.4 is 0 Å². The molecular formula is C84H49BrN4O2. The van der Waals surface area contributed by atoms with Crippen LogP contribution in [-0.4, -0.2) is 18.4 Å². The van der Waals surface area contributed by atoms with E-state index in [0.717, 1.165) is 43.3 Å². The Kier molecular flexibility index (Phi) is 10.6. The lowest BCUT2D eigenvalue weighted by Gasteiger charge is -2.09. The zero-order chi connectivity index (χ0) is 59.6. The molecule has 424 valence electrons. The van der Waals surface area contributed by atoms with Crippen LogP contribution in [0.5, 0.6) is 0 Å². The standard InChI is InChI=1S/C42H24N2O.C30H18N2.C12H7BrO/c1-5-14-37-28(8-1)33-11-7-12-34-30-19-16-26(23-39(30)44(37)42(33)34)25-17-21-38-35(22-25)29-9-2-4-13-36(29)43(38)27-18-20-32-31-10-3-6-15-40(31)45-41(32)24-27;1-3-10-26-20(6-1)25-16-18(13-15-27(25)31-26)19-12-14-22-24-9-5-8-23-21-7-2-4-11-28(21)32(30(23)24)29(22)17-19;13-8-5-6-10-9-3-1-2-4-11(9)14-12(10)7-8/h1-24H;1-17,31H;1-7H. The Bertz CT molecular complexity index is 6750. The lowest BCUT2D eigenvalue weighted by molar-refractivity contribution is 0.668. The highest BCUT2D eigenvalue weighted by atomic mass is 79.9. The number of aromatic nitrogens is 4. The molecule has 0 fully saturated rings. The van der Waals surface area contributed by atoms with E-state index in [2.05, 4.69) is 283 Å². The summed E-state index contributed by atoms with van der Waals surface area (Å²) < 4.78 is 20.3. The Balaban J connectivity index is 0.000000108. The number of hydrogen-bond acceptors (Lipinski definition) is 2. The van der Waals surface area contributed by atoms with Crippen molar-refractivity contribution >= 4 is 180 Å². The number of aromatic amines is 1. The maximum absolute atomic E-state index is 6.28. The number of halogens is 1. The van der Waals surface area contributed by atoms with Gasteiger partial charge >= 0.3 is 0 Å². The summed E-state index contributed by atoms with van der Waals surface area (Å²) in [5.74, 6) is 0. The molecule has 22 aromatic rings. The molecule has 0 aliphatic rings. The van der Waals surface area contributed by atoms with Crippen LogP contribution in [0.1, 0.15) is 0 Å². The minimum atomic E-state index is 0.905. The topological polar surface area (TPSA) is 55.8 Å². The van der Waals surface area contributed by atoms with E-state index in [-0.39, 0.29) is 0 Å². The van der Waals surface area contributed by atoms with Gasteiger partial charge in [0.25, 0.3) is 0 Å². The van der Waals surface area contributed by atoms with Crippen molar-refractivity contribution in [1.82, 2.24) is 18.4 Å². The molecule has 0 amide bonds. The van der Waals surface area contributed by atoms with Crippen molar-refractivity contribution in [3.63, 3.8) is 0 Å². The summed E-state index contributed by atoms with van der Waals surface area (Å²) in [6, 6.07) is 105. The molecule has 14 aromatic carbocycles. The van der Waals surface area contributed by atoms with E-state index in [9.17, 15) is 0 Å². The van der Waals surface area contributed by atoms with Crippen molar-refractivity contribution < 1.29 is 8.83 Å². The van der Waals surface area contributed by atoms with Gasteiger partial charge < -0.3 is 27.2 Å². The van der Waals surface area contributed by atoms with Gasteiger partial charge in [0.1, 0.15) is 22.3 Å².